The van der Waals surface area contributed by atoms with Crippen LogP contribution in [0.15, 0.2) is 24.3 Å². The number of nitrogens with one attached hydrogen (secondary N) is 1. The number of aromatic nitrogens is 2. The van der Waals surface area contributed by atoms with Gasteiger partial charge in [-0.1, -0.05) is 41.4 Å². The van der Waals surface area contributed by atoms with Crippen molar-refractivity contribution in [3.63, 3.8) is 0 Å². The van der Waals surface area contributed by atoms with Crippen LogP contribution < -0.4 is 5.32 Å². The van der Waals surface area contributed by atoms with Gasteiger partial charge in [-0.25, -0.2) is 4.68 Å². The molecular weight excluding hydrogens is 417 g/mol. The van der Waals surface area contributed by atoms with Gasteiger partial charge < -0.3 is 15.1 Å². The van der Waals surface area contributed by atoms with Gasteiger partial charge in [0.15, 0.2) is 0 Å². The topological polar surface area (TPSA) is 87.5 Å². The minimum atomic E-state index is -0.597. The molecule has 8 nitrogen and oxygen atoms in total. The van der Waals surface area contributed by atoms with Crippen molar-refractivity contribution < 1.29 is 14.4 Å². The lowest BCUT2D eigenvalue weighted by molar-refractivity contribution is -0.152. The first-order chi connectivity index (χ1) is 13.9. The molecule has 1 N–H and O–H groups in total. The van der Waals surface area contributed by atoms with E-state index in [9.17, 15) is 14.4 Å². The molecule has 29 heavy (non-hydrogen) atoms. The van der Waals surface area contributed by atoms with Crippen molar-refractivity contribution >= 4 is 40.9 Å². The zero-order chi connectivity index (χ0) is 20.7. The van der Waals surface area contributed by atoms with Gasteiger partial charge in [0.2, 0.25) is 0 Å². The maximum atomic E-state index is 13.2. The molecule has 2 fully saturated rings. The van der Waals surface area contributed by atoms with E-state index in [0.717, 1.165) is 5.56 Å². The third-order valence-electron chi connectivity index (χ3n) is 5.28. The lowest BCUT2D eigenvalue weighted by Crippen LogP contribution is -2.65. The SMILES string of the molecule is Cc1nn(Cc2ccccc2Cl)c(Cl)c1C(=O)N1CCN2C(=O)C(=O)NC[C@H]2C1. The first-order valence-electron chi connectivity index (χ1n) is 9.21. The van der Waals surface area contributed by atoms with E-state index in [1.807, 2.05) is 18.2 Å². The van der Waals surface area contributed by atoms with Crippen molar-refractivity contribution in [2.75, 3.05) is 26.2 Å². The Morgan fingerprint density at radius 3 is 2.76 bits per heavy atom. The van der Waals surface area contributed by atoms with E-state index >= 15 is 0 Å². The summed E-state index contributed by atoms with van der Waals surface area (Å²) in [6.07, 6.45) is 0. The Bertz CT molecular complexity index is 1010. The second-order valence-electron chi connectivity index (χ2n) is 7.11. The maximum Gasteiger partial charge on any atom is 0.312 e. The van der Waals surface area contributed by atoms with Gasteiger partial charge in [0.25, 0.3) is 5.91 Å². The van der Waals surface area contributed by atoms with Gasteiger partial charge in [-0.15, -0.1) is 0 Å². The first kappa shape index (κ1) is 19.7. The number of hydrogen-bond acceptors (Lipinski definition) is 4. The highest BCUT2D eigenvalue weighted by atomic mass is 35.5. The van der Waals surface area contributed by atoms with Crippen LogP contribution in [0.25, 0.3) is 0 Å². The van der Waals surface area contributed by atoms with Crippen LogP contribution in [0.5, 0.6) is 0 Å². The molecule has 2 aromatic rings. The number of benzene rings is 1. The van der Waals surface area contributed by atoms with E-state index in [1.54, 1.807) is 22.6 Å². The monoisotopic (exact) mass is 435 g/mol. The molecule has 1 atom stereocenters. The molecule has 0 spiro atoms. The van der Waals surface area contributed by atoms with E-state index in [1.165, 1.54) is 4.90 Å². The fraction of sp³-hybridized carbons (Fsp3) is 0.368. The number of nitrogens with zero attached hydrogens (tertiary/aromatic N) is 4. The average Bonchev–Trinajstić information content (AvgIpc) is 2.99. The zero-order valence-corrected chi connectivity index (χ0v) is 17.2. The van der Waals surface area contributed by atoms with Crippen LogP contribution in [-0.2, 0) is 16.1 Å². The number of rotatable bonds is 3. The third-order valence-corrected chi connectivity index (χ3v) is 6.03. The Morgan fingerprint density at radius 2 is 2.00 bits per heavy atom. The van der Waals surface area contributed by atoms with E-state index in [4.69, 9.17) is 23.2 Å². The number of carbonyl (C=O) groups is 3. The van der Waals surface area contributed by atoms with Crippen LogP contribution in [0.3, 0.4) is 0 Å². The molecule has 0 saturated carbocycles. The molecule has 2 aliphatic rings. The van der Waals surface area contributed by atoms with Gasteiger partial charge >= 0.3 is 11.8 Å². The van der Waals surface area contributed by atoms with Crippen LogP contribution in [0.2, 0.25) is 10.2 Å². The molecule has 1 aromatic heterocycles. The smallest absolute Gasteiger partial charge is 0.312 e. The number of hydrogen-bond donors (Lipinski definition) is 1. The second kappa shape index (κ2) is 7.68. The number of aryl methyl sites for hydroxylation is 1. The van der Waals surface area contributed by atoms with Crippen molar-refractivity contribution in [2.24, 2.45) is 0 Å². The van der Waals surface area contributed by atoms with Gasteiger partial charge in [0.1, 0.15) is 5.15 Å². The summed E-state index contributed by atoms with van der Waals surface area (Å²) in [7, 11) is 0. The predicted molar refractivity (Wildman–Crippen MR) is 107 cm³/mol. The van der Waals surface area contributed by atoms with Gasteiger partial charge in [0, 0.05) is 31.2 Å². The zero-order valence-electron chi connectivity index (χ0n) is 15.7. The molecule has 10 heteroatoms. The van der Waals surface area contributed by atoms with E-state index in [0.29, 0.717) is 49.0 Å². The van der Waals surface area contributed by atoms with Crippen LogP contribution in [0.1, 0.15) is 21.6 Å². The summed E-state index contributed by atoms with van der Waals surface area (Å²) in [4.78, 5) is 39.9. The lowest BCUT2D eigenvalue weighted by Gasteiger charge is -2.43. The molecule has 4 rings (SSSR count). The predicted octanol–water partition coefficient (Wildman–Crippen LogP) is 1.33. The Labute approximate surface area is 177 Å². The Balaban J connectivity index is 1.54. The van der Waals surface area contributed by atoms with E-state index in [2.05, 4.69) is 10.4 Å². The van der Waals surface area contributed by atoms with Crippen LogP contribution in [0.4, 0.5) is 0 Å². The summed E-state index contributed by atoms with van der Waals surface area (Å²) in [6.45, 7) is 3.39. The molecule has 2 saturated heterocycles. The van der Waals surface area contributed by atoms with E-state index in [-0.39, 0.29) is 17.1 Å². The minimum absolute atomic E-state index is 0.234. The summed E-state index contributed by atoms with van der Waals surface area (Å²) in [5.74, 6) is -1.38. The highest BCUT2D eigenvalue weighted by Crippen LogP contribution is 2.26. The number of piperazine rings is 2. The van der Waals surface area contributed by atoms with Gasteiger partial charge in [-0.05, 0) is 18.6 Å². The van der Waals surface area contributed by atoms with Gasteiger partial charge in [0.05, 0.1) is 23.8 Å². The first-order valence-corrected chi connectivity index (χ1v) is 9.96. The largest absolute Gasteiger partial charge is 0.346 e. The van der Waals surface area contributed by atoms with Crippen molar-refractivity contribution in [3.8, 4) is 0 Å². The number of fused-ring (bicyclic) bond motifs is 1. The normalized spacial score (nSPS) is 19.2. The van der Waals surface area contributed by atoms with Crippen LogP contribution in [-0.4, -0.2) is 69.5 Å². The van der Waals surface area contributed by atoms with Crippen molar-refractivity contribution in [2.45, 2.75) is 19.5 Å². The lowest BCUT2D eigenvalue weighted by atomic mass is 10.1. The molecule has 0 radical (unpaired) electrons. The van der Waals surface area contributed by atoms with E-state index < -0.39 is 11.8 Å². The summed E-state index contributed by atoms with van der Waals surface area (Å²) in [6, 6.07) is 7.15. The van der Waals surface area contributed by atoms with Crippen LogP contribution >= 0.6 is 23.2 Å². The van der Waals surface area contributed by atoms with Gasteiger partial charge in [-0.3, -0.25) is 14.4 Å². The van der Waals surface area contributed by atoms with Crippen molar-refractivity contribution in [1.29, 1.82) is 0 Å². The molecule has 0 aliphatic carbocycles. The summed E-state index contributed by atoms with van der Waals surface area (Å²) in [5, 5.41) is 7.84. The molecule has 0 bridgehead atoms. The fourth-order valence-electron chi connectivity index (χ4n) is 3.75. The fourth-order valence-corrected chi connectivity index (χ4v) is 4.26. The van der Waals surface area contributed by atoms with Crippen molar-refractivity contribution in [3.05, 3.63) is 51.3 Å². The molecule has 3 amide bonds. The molecule has 2 aliphatic heterocycles. The van der Waals surface area contributed by atoms with Crippen molar-refractivity contribution in [1.82, 2.24) is 24.9 Å². The Morgan fingerprint density at radius 1 is 1.24 bits per heavy atom. The maximum absolute atomic E-state index is 13.2. The van der Waals surface area contributed by atoms with Crippen LogP contribution in [0, 0.1) is 6.92 Å². The molecular formula is C19H19Cl2N5O3. The average molecular weight is 436 g/mol. The molecule has 152 valence electrons. The molecule has 1 aromatic carbocycles. The van der Waals surface area contributed by atoms with Gasteiger partial charge in [-0.2, -0.15) is 5.10 Å². The highest BCUT2D eigenvalue weighted by molar-refractivity contribution is 6.35. The standard InChI is InChI=1S/C19H19Cl2N5O3/c1-11-15(16(21)26(23-11)9-12-4-2-3-5-14(12)20)18(28)24-6-7-25-13(10-24)8-22-17(27)19(25)29/h2-5,13H,6-10H2,1H3,(H,22,27)/t13-/m0/s1. The number of amides is 3. The highest BCUT2D eigenvalue weighted by Gasteiger charge is 2.39. The Hall–Kier alpha value is -2.58. The second-order valence-corrected chi connectivity index (χ2v) is 7.88. The molecule has 3 heterocycles. The number of halogens is 2. The summed E-state index contributed by atoms with van der Waals surface area (Å²) >= 11 is 12.7. The minimum Gasteiger partial charge on any atom is -0.346 e. The summed E-state index contributed by atoms with van der Waals surface area (Å²) < 4.78 is 1.56. The quantitative estimate of drug-likeness (QED) is 0.736. The number of carbonyl (C=O) groups excluding carboxylic acids is 3. The molecule has 0 unspecified atom stereocenters. The summed E-state index contributed by atoms with van der Waals surface area (Å²) in [5.41, 5.74) is 1.73. The Kier molecular flexibility index (Phi) is 5.23. The third kappa shape index (κ3) is 3.58.